The van der Waals surface area contributed by atoms with Crippen LogP contribution in [0.1, 0.15) is 5.56 Å². The fourth-order valence-electron chi connectivity index (χ4n) is 2.05. The van der Waals surface area contributed by atoms with E-state index < -0.39 is 11.6 Å². The second kappa shape index (κ2) is 5.61. The number of halogens is 3. The van der Waals surface area contributed by atoms with E-state index in [4.69, 9.17) is 11.6 Å². The van der Waals surface area contributed by atoms with Crippen LogP contribution in [0.4, 0.5) is 8.78 Å². The highest BCUT2D eigenvalue weighted by molar-refractivity contribution is 6.28. The highest BCUT2D eigenvalue weighted by Gasteiger charge is 2.13. The van der Waals surface area contributed by atoms with Crippen LogP contribution in [-0.4, -0.2) is 14.8 Å². The first-order chi connectivity index (χ1) is 10.1. The molecule has 0 aliphatic carbocycles. The highest BCUT2D eigenvalue weighted by Crippen LogP contribution is 2.22. The summed E-state index contributed by atoms with van der Waals surface area (Å²) in [4.78, 5) is 0. The molecule has 2 aromatic carbocycles. The summed E-state index contributed by atoms with van der Waals surface area (Å²) in [5.74, 6) is -1.19. The van der Waals surface area contributed by atoms with Crippen LogP contribution in [-0.2, 0) is 6.54 Å². The molecule has 0 amide bonds. The van der Waals surface area contributed by atoms with Gasteiger partial charge in [0.05, 0.1) is 6.54 Å². The topological polar surface area (TPSA) is 30.7 Å². The molecule has 0 N–H and O–H groups in total. The monoisotopic (exact) mass is 305 g/mol. The molecular weight excluding hydrogens is 296 g/mol. The lowest BCUT2D eigenvalue weighted by molar-refractivity contribution is 0.506. The fourth-order valence-corrected chi connectivity index (χ4v) is 2.22. The van der Waals surface area contributed by atoms with Crippen LogP contribution in [0.3, 0.4) is 0 Å². The molecular formula is C15H10ClF2N3. The second-order valence-corrected chi connectivity index (χ2v) is 4.83. The van der Waals surface area contributed by atoms with E-state index in [1.807, 2.05) is 30.3 Å². The van der Waals surface area contributed by atoms with E-state index in [2.05, 4.69) is 10.2 Å². The van der Waals surface area contributed by atoms with E-state index in [9.17, 15) is 8.78 Å². The van der Waals surface area contributed by atoms with Crippen LogP contribution in [0, 0.1) is 11.6 Å². The van der Waals surface area contributed by atoms with Gasteiger partial charge in [-0.05, 0) is 29.3 Å². The van der Waals surface area contributed by atoms with E-state index >= 15 is 0 Å². The molecule has 3 nitrogen and oxygen atoms in total. The minimum absolute atomic E-state index is 0.193. The molecule has 0 aliphatic heterocycles. The van der Waals surface area contributed by atoms with Crippen molar-refractivity contribution < 1.29 is 8.78 Å². The van der Waals surface area contributed by atoms with Crippen LogP contribution in [0.5, 0.6) is 0 Å². The summed E-state index contributed by atoms with van der Waals surface area (Å²) < 4.78 is 27.9. The number of hydrogen-bond acceptors (Lipinski definition) is 2. The van der Waals surface area contributed by atoms with Crippen LogP contribution >= 0.6 is 11.6 Å². The van der Waals surface area contributed by atoms with Gasteiger partial charge in [0.25, 0.3) is 0 Å². The van der Waals surface area contributed by atoms with Crippen molar-refractivity contribution in [3.05, 3.63) is 71.0 Å². The zero-order valence-electron chi connectivity index (χ0n) is 10.8. The maximum absolute atomic E-state index is 13.3. The quantitative estimate of drug-likeness (QED) is 0.734. The number of aromatic nitrogens is 3. The molecule has 106 valence electrons. The van der Waals surface area contributed by atoms with Crippen molar-refractivity contribution in [1.29, 1.82) is 0 Å². The lowest BCUT2D eigenvalue weighted by Crippen LogP contribution is -2.03. The van der Waals surface area contributed by atoms with Gasteiger partial charge in [-0.15, -0.1) is 10.2 Å². The van der Waals surface area contributed by atoms with Crippen LogP contribution < -0.4 is 0 Å². The molecule has 0 saturated heterocycles. The third kappa shape index (κ3) is 2.78. The van der Waals surface area contributed by atoms with Gasteiger partial charge >= 0.3 is 0 Å². The van der Waals surface area contributed by atoms with Crippen molar-refractivity contribution in [2.24, 2.45) is 0 Å². The zero-order chi connectivity index (χ0) is 14.8. The Labute approximate surface area is 124 Å². The van der Waals surface area contributed by atoms with E-state index in [0.29, 0.717) is 11.4 Å². The first-order valence-electron chi connectivity index (χ1n) is 6.23. The Bertz CT molecular complexity index is 772. The van der Waals surface area contributed by atoms with Crippen LogP contribution in [0.15, 0.2) is 48.5 Å². The van der Waals surface area contributed by atoms with E-state index in [-0.39, 0.29) is 11.8 Å². The summed E-state index contributed by atoms with van der Waals surface area (Å²) >= 11 is 6.04. The van der Waals surface area contributed by atoms with Crippen molar-refractivity contribution in [3.8, 4) is 11.4 Å². The molecule has 21 heavy (non-hydrogen) atoms. The maximum atomic E-state index is 13.3. The average Bonchev–Trinajstić information content (AvgIpc) is 2.85. The number of rotatable bonds is 3. The predicted molar refractivity (Wildman–Crippen MR) is 75.9 cm³/mol. The smallest absolute Gasteiger partial charge is 0.225 e. The summed E-state index contributed by atoms with van der Waals surface area (Å²) in [5, 5.41) is 8.07. The minimum atomic E-state index is -0.891. The van der Waals surface area contributed by atoms with E-state index in [1.165, 1.54) is 6.07 Å². The first kappa shape index (κ1) is 13.7. The van der Waals surface area contributed by atoms with E-state index in [1.54, 1.807) is 4.57 Å². The van der Waals surface area contributed by atoms with Crippen molar-refractivity contribution in [2.75, 3.05) is 0 Å². The average molecular weight is 306 g/mol. The Hall–Kier alpha value is -2.27. The zero-order valence-corrected chi connectivity index (χ0v) is 11.6. The molecule has 1 aromatic heterocycles. The highest BCUT2D eigenvalue weighted by atomic mass is 35.5. The van der Waals surface area contributed by atoms with Gasteiger partial charge in [-0.2, -0.15) is 0 Å². The predicted octanol–water partition coefficient (Wildman–Crippen LogP) is 3.93. The van der Waals surface area contributed by atoms with Crippen LogP contribution in [0.2, 0.25) is 5.28 Å². The Morgan fingerprint density at radius 3 is 2.43 bits per heavy atom. The number of benzene rings is 2. The summed E-state index contributed by atoms with van der Waals surface area (Å²) in [7, 11) is 0. The Kier molecular flexibility index (Phi) is 3.66. The van der Waals surface area contributed by atoms with Crippen LogP contribution in [0.25, 0.3) is 11.4 Å². The standard InChI is InChI=1S/C15H10ClF2N3/c16-15-20-19-14(11-4-2-1-3-5-11)21(15)9-10-6-7-12(17)13(18)8-10/h1-8H,9H2. The largest absolute Gasteiger partial charge is 0.293 e. The number of hydrogen-bond donors (Lipinski definition) is 0. The van der Waals surface area contributed by atoms with Crippen molar-refractivity contribution in [1.82, 2.24) is 14.8 Å². The lowest BCUT2D eigenvalue weighted by atomic mass is 10.2. The van der Waals surface area contributed by atoms with Gasteiger partial charge in [0, 0.05) is 5.56 Å². The van der Waals surface area contributed by atoms with Gasteiger partial charge in [-0.3, -0.25) is 4.57 Å². The molecule has 6 heteroatoms. The van der Waals surface area contributed by atoms with Gasteiger partial charge in [0.2, 0.25) is 5.28 Å². The van der Waals surface area contributed by atoms with E-state index in [0.717, 1.165) is 17.7 Å². The SMILES string of the molecule is Fc1ccc(Cn2c(Cl)nnc2-c2ccccc2)cc1F. The summed E-state index contributed by atoms with van der Waals surface area (Å²) in [6, 6.07) is 13.1. The molecule has 3 aromatic rings. The van der Waals surface area contributed by atoms with Crippen molar-refractivity contribution in [3.63, 3.8) is 0 Å². The van der Waals surface area contributed by atoms with Gasteiger partial charge in [-0.25, -0.2) is 8.78 Å². The molecule has 0 saturated carbocycles. The summed E-state index contributed by atoms with van der Waals surface area (Å²) in [6.45, 7) is 0.257. The van der Waals surface area contributed by atoms with Gasteiger partial charge in [-0.1, -0.05) is 36.4 Å². The molecule has 1 heterocycles. The maximum Gasteiger partial charge on any atom is 0.225 e. The van der Waals surface area contributed by atoms with Crippen molar-refractivity contribution in [2.45, 2.75) is 6.54 Å². The Morgan fingerprint density at radius 1 is 0.952 bits per heavy atom. The normalized spacial score (nSPS) is 10.8. The summed E-state index contributed by atoms with van der Waals surface area (Å²) in [5.41, 5.74) is 1.42. The number of nitrogens with zero attached hydrogens (tertiary/aromatic N) is 3. The molecule has 0 fully saturated rings. The molecule has 0 spiro atoms. The summed E-state index contributed by atoms with van der Waals surface area (Å²) in [6.07, 6.45) is 0. The Balaban J connectivity index is 1.99. The third-order valence-corrected chi connectivity index (χ3v) is 3.34. The molecule has 0 atom stereocenters. The third-order valence-electron chi connectivity index (χ3n) is 3.06. The molecule has 0 unspecified atom stereocenters. The second-order valence-electron chi connectivity index (χ2n) is 4.49. The van der Waals surface area contributed by atoms with Gasteiger partial charge < -0.3 is 0 Å². The molecule has 3 rings (SSSR count). The molecule has 0 aliphatic rings. The van der Waals surface area contributed by atoms with Crippen molar-refractivity contribution >= 4 is 11.6 Å². The fraction of sp³-hybridized carbons (Fsp3) is 0.0667. The first-order valence-corrected chi connectivity index (χ1v) is 6.61. The Morgan fingerprint density at radius 2 is 1.71 bits per heavy atom. The minimum Gasteiger partial charge on any atom is -0.293 e. The molecule has 0 bridgehead atoms. The lowest BCUT2D eigenvalue weighted by Gasteiger charge is -2.08. The van der Waals surface area contributed by atoms with Gasteiger partial charge in [0.15, 0.2) is 17.5 Å². The molecule has 0 radical (unpaired) electrons. The van der Waals surface area contributed by atoms with Gasteiger partial charge in [0.1, 0.15) is 0 Å².